The molecule has 4 aliphatic rings. The predicted molar refractivity (Wildman–Crippen MR) is 137 cm³/mol. The molecular formula is C27H39N5O4. The molecule has 0 bridgehead atoms. The standard InChI is InChI=1S/C27H39N5O4/c1-27(25(34)32(26(35)28-27)16-15-29-17-19-36-20-18-29)22-9-13-31(14-10-22)24(33)21-5-7-23(8-6-21)30-11-3-2-4-12-30/h5-8,22H,2-4,9-20H2,1H3,(H,28,35)/t27-/m1/s1. The summed E-state index contributed by atoms with van der Waals surface area (Å²) in [6.07, 6.45) is 5.13. The number of amides is 4. The van der Waals surface area contributed by atoms with E-state index in [0.29, 0.717) is 57.8 Å². The Morgan fingerprint density at radius 2 is 1.61 bits per heavy atom. The van der Waals surface area contributed by atoms with Gasteiger partial charge in [0, 0.05) is 63.6 Å². The molecule has 1 aromatic rings. The van der Waals surface area contributed by atoms with Gasteiger partial charge in [-0.3, -0.25) is 19.4 Å². The lowest BCUT2D eigenvalue weighted by molar-refractivity contribution is -0.133. The first kappa shape index (κ1) is 25.0. The molecule has 9 heteroatoms. The lowest BCUT2D eigenvalue weighted by atomic mass is 9.78. The number of nitrogens with zero attached hydrogens (tertiary/aromatic N) is 4. The highest BCUT2D eigenvalue weighted by atomic mass is 16.5. The molecule has 4 aliphatic heterocycles. The second-order valence-corrected chi connectivity index (χ2v) is 10.7. The average Bonchev–Trinajstić information content (AvgIpc) is 3.16. The maximum absolute atomic E-state index is 13.3. The van der Waals surface area contributed by atoms with Gasteiger partial charge in [-0.15, -0.1) is 0 Å². The number of hydrogen-bond donors (Lipinski definition) is 1. The molecule has 4 saturated heterocycles. The van der Waals surface area contributed by atoms with E-state index in [2.05, 4.69) is 27.2 Å². The summed E-state index contributed by atoms with van der Waals surface area (Å²) in [6, 6.07) is 7.69. The summed E-state index contributed by atoms with van der Waals surface area (Å²) < 4.78 is 5.38. The molecule has 0 aromatic heterocycles. The van der Waals surface area contributed by atoms with E-state index in [1.54, 1.807) is 0 Å². The van der Waals surface area contributed by atoms with Crippen molar-refractivity contribution in [3.8, 4) is 0 Å². The van der Waals surface area contributed by atoms with Crippen molar-refractivity contribution in [2.45, 2.75) is 44.6 Å². The van der Waals surface area contributed by atoms with Crippen LogP contribution in [0.5, 0.6) is 0 Å². The number of rotatable bonds is 6. The summed E-state index contributed by atoms with van der Waals surface area (Å²) in [7, 11) is 0. The van der Waals surface area contributed by atoms with Crippen molar-refractivity contribution < 1.29 is 19.1 Å². The normalized spacial score (nSPS) is 26.4. The fourth-order valence-electron chi connectivity index (χ4n) is 6.07. The first-order chi connectivity index (χ1) is 17.5. The van der Waals surface area contributed by atoms with Crippen LogP contribution in [-0.2, 0) is 9.53 Å². The summed E-state index contributed by atoms with van der Waals surface area (Å²) in [5, 5.41) is 2.99. The van der Waals surface area contributed by atoms with Crippen LogP contribution in [0.4, 0.5) is 10.5 Å². The third kappa shape index (κ3) is 5.09. The van der Waals surface area contributed by atoms with Crippen molar-refractivity contribution in [3.63, 3.8) is 0 Å². The molecule has 0 radical (unpaired) electrons. The number of nitrogens with one attached hydrogen (secondary N) is 1. The second kappa shape index (κ2) is 10.8. The monoisotopic (exact) mass is 497 g/mol. The van der Waals surface area contributed by atoms with Gasteiger partial charge in [0.1, 0.15) is 5.54 Å². The molecule has 5 rings (SSSR count). The van der Waals surface area contributed by atoms with E-state index in [4.69, 9.17) is 4.74 Å². The number of piperidine rings is 2. The molecule has 0 saturated carbocycles. The number of benzene rings is 1. The van der Waals surface area contributed by atoms with E-state index in [-0.39, 0.29) is 23.8 Å². The van der Waals surface area contributed by atoms with Crippen LogP contribution in [-0.4, -0.2) is 104 Å². The van der Waals surface area contributed by atoms with Gasteiger partial charge < -0.3 is 19.9 Å². The molecule has 4 amide bonds. The lowest BCUT2D eigenvalue weighted by Gasteiger charge is -2.39. The van der Waals surface area contributed by atoms with Gasteiger partial charge in [0.2, 0.25) is 0 Å². The molecule has 0 spiro atoms. The van der Waals surface area contributed by atoms with E-state index in [9.17, 15) is 14.4 Å². The topological polar surface area (TPSA) is 85.4 Å². The molecule has 36 heavy (non-hydrogen) atoms. The van der Waals surface area contributed by atoms with E-state index in [0.717, 1.165) is 26.2 Å². The number of urea groups is 1. The van der Waals surface area contributed by atoms with Crippen LogP contribution in [0.15, 0.2) is 24.3 Å². The smallest absolute Gasteiger partial charge is 0.325 e. The molecule has 1 N–H and O–H groups in total. The number of carbonyl (C=O) groups excluding carboxylic acids is 3. The van der Waals surface area contributed by atoms with Crippen molar-refractivity contribution in [3.05, 3.63) is 29.8 Å². The highest BCUT2D eigenvalue weighted by Crippen LogP contribution is 2.34. The third-order valence-electron chi connectivity index (χ3n) is 8.48. The van der Waals surface area contributed by atoms with E-state index in [1.807, 2.05) is 24.0 Å². The highest BCUT2D eigenvalue weighted by Gasteiger charge is 2.52. The number of likely N-dealkylation sites (tertiary alicyclic amines) is 1. The van der Waals surface area contributed by atoms with Crippen LogP contribution < -0.4 is 10.2 Å². The fraction of sp³-hybridized carbons (Fsp3) is 0.667. The molecular weight excluding hydrogens is 458 g/mol. The molecule has 4 heterocycles. The second-order valence-electron chi connectivity index (χ2n) is 10.7. The van der Waals surface area contributed by atoms with E-state index >= 15 is 0 Å². The zero-order valence-corrected chi connectivity index (χ0v) is 21.4. The Balaban J connectivity index is 1.14. The van der Waals surface area contributed by atoms with Crippen molar-refractivity contribution >= 4 is 23.5 Å². The van der Waals surface area contributed by atoms with Crippen molar-refractivity contribution in [2.24, 2.45) is 5.92 Å². The Hall–Kier alpha value is -2.65. The van der Waals surface area contributed by atoms with Crippen LogP contribution in [0.25, 0.3) is 0 Å². The van der Waals surface area contributed by atoms with Gasteiger partial charge in [0.05, 0.1) is 13.2 Å². The van der Waals surface area contributed by atoms with Gasteiger partial charge in [-0.1, -0.05) is 0 Å². The van der Waals surface area contributed by atoms with Crippen LogP contribution in [0.2, 0.25) is 0 Å². The Bertz CT molecular complexity index is 949. The van der Waals surface area contributed by atoms with Gasteiger partial charge in [-0.05, 0) is 69.2 Å². The molecule has 1 aromatic carbocycles. The van der Waals surface area contributed by atoms with Crippen molar-refractivity contribution in [1.82, 2.24) is 20.0 Å². The SMILES string of the molecule is C[C@]1(C2CCN(C(=O)c3ccc(N4CCCCC4)cc3)CC2)NC(=O)N(CCN2CCOCC2)C1=O. The Kier molecular flexibility index (Phi) is 7.48. The average molecular weight is 498 g/mol. The first-order valence-corrected chi connectivity index (χ1v) is 13.5. The minimum Gasteiger partial charge on any atom is -0.379 e. The van der Waals surface area contributed by atoms with Crippen LogP contribution >= 0.6 is 0 Å². The Labute approximate surface area is 213 Å². The number of carbonyl (C=O) groups is 3. The molecule has 4 fully saturated rings. The Morgan fingerprint density at radius 3 is 2.28 bits per heavy atom. The van der Waals surface area contributed by atoms with Crippen molar-refractivity contribution in [1.29, 1.82) is 0 Å². The van der Waals surface area contributed by atoms with E-state index < -0.39 is 5.54 Å². The van der Waals surface area contributed by atoms with Crippen LogP contribution in [0.1, 0.15) is 49.4 Å². The van der Waals surface area contributed by atoms with Gasteiger partial charge in [0.25, 0.3) is 11.8 Å². The zero-order chi connectivity index (χ0) is 25.1. The molecule has 0 unspecified atom stereocenters. The summed E-state index contributed by atoms with van der Waals surface area (Å²) in [4.78, 5) is 47.0. The maximum Gasteiger partial charge on any atom is 0.325 e. The summed E-state index contributed by atoms with van der Waals surface area (Å²) >= 11 is 0. The maximum atomic E-state index is 13.3. The van der Waals surface area contributed by atoms with Gasteiger partial charge in [0.15, 0.2) is 0 Å². The van der Waals surface area contributed by atoms with Gasteiger partial charge in [-0.2, -0.15) is 0 Å². The number of hydrogen-bond acceptors (Lipinski definition) is 6. The van der Waals surface area contributed by atoms with Crippen molar-refractivity contribution in [2.75, 3.05) is 70.5 Å². The number of morpholine rings is 1. The largest absolute Gasteiger partial charge is 0.379 e. The molecule has 1 atom stereocenters. The number of anilines is 1. The highest BCUT2D eigenvalue weighted by molar-refractivity contribution is 6.07. The minimum absolute atomic E-state index is 0.00728. The zero-order valence-electron chi connectivity index (χ0n) is 21.4. The number of imide groups is 1. The van der Waals surface area contributed by atoms with Crippen LogP contribution in [0, 0.1) is 5.92 Å². The van der Waals surface area contributed by atoms with Gasteiger partial charge in [-0.25, -0.2) is 4.79 Å². The summed E-state index contributed by atoms with van der Waals surface area (Å²) in [5.74, 6) is -0.0931. The molecule has 9 nitrogen and oxygen atoms in total. The van der Waals surface area contributed by atoms with Gasteiger partial charge >= 0.3 is 6.03 Å². The summed E-state index contributed by atoms with van der Waals surface area (Å²) in [5.41, 5.74) is 0.986. The Morgan fingerprint density at radius 1 is 0.944 bits per heavy atom. The molecule has 0 aliphatic carbocycles. The molecule has 196 valence electrons. The third-order valence-corrected chi connectivity index (χ3v) is 8.48. The minimum atomic E-state index is -0.909. The fourth-order valence-corrected chi connectivity index (χ4v) is 6.07. The summed E-state index contributed by atoms with van der Waals surface area (Å²) in [6.45, 7) is 9.29. The van der Waals surface area contributed by atoms with Crippen LogP contribution in [0.3, 0.4) is 0 Å². The predicted octanol–water partition coefficient (Wildman–Crippen LogP) is 2.17. The number of ether oxygens (including phenoxy) is 1. The quantitative estimate of drug-likeness (QED) is 0.607. The lowest BCUT2D eigenvalue weighted by Crippen LogP contribution is -2.54. The van der Waals surface area contributed by atoms with E-state index in [1.165, 1.54) is 29.8 Å². The first-order valence-electron chi connectivity index (χ1n) is 13.5.